The molecular weight excluding hydrogens is 240 g/mol. The van der Waals surface area contributed by atoms with Crippen LogP contribution in [0.4, 0.5) is 0 Å². The maximum Gasteiger partial charge on any atom is 0.277 e. The molecule has 0 atom stereocenters. The molecule has 4 heteroatoms. The number of aryl methyl sites for hydroxylation is 2. The van der Waals surface area contributed by atoms with Crippen molar-refractivity contribution in [2.24, 2.45) is 0 Å². The highest BCUT2D eigenvalue weighted by Gasteiger charge is 2.08. The third-order valence-corrected chi connectivity index (χ3v) is 3.09. The van der Waals surface area contributed by atoms with Crippen molar-refractivity contribution in [3.63, 3.8) is 0 Å². The normalized spacial score (nSPS) is 10.4. The van der Waals surface area contributed by atoms with Gasteiger partial charge in [-0.2, -0.15) is 5.10 Å². The second-order valence-electron chi connectivity index (χ2n) is 4.27. The van der Waals surface area contributed by atoms with Gasteiger partial charge in [-0.15, -0.1) is 0 Å². The largest absolute Gasteiger partial charge is 0.298 e. The van der Waals surface area contributed by atoms with Gasteiger partial charge < -0.3 is 0 Å². The standard InChI is InChI=1S/C15H16N2O2/c1-3-11-5-7-12(8-6-11)14-9-13(10-18)15(19)17(4-2)16-14/h5-10H,3-4H2,1-2H3. The van der Waals surface area contributed by atoms with Crippen LogP contribution in [-0.2, 0) is 13.0 Å². The predicted molar refractivity (Wildman–Crippen MR) is 74.4 cm³/mol. The molecule has 4 nitrogen and oxygen atoms in total. The van der Waals surface area contributed by atoms with Crippen LogP contribution in [-0.4, -0.2) is 16.1 Å². The minimum Gasteiger partial charge on any atom is -0.298 e. The Morgan fingerprint density at radius 3 is 2.42 bits per heavy atom. The summed E-state index contributed by atoms with van der Waals surface area (Å²) in [7, 11) is 0. The van der Waals surface area contributed by atoms with E-state index in [1.807, 2.05) is 31.2 Å². The van der Waals surface area contributed by atoms with E-state index in [2.05, 4.69) is 12.0 Å². The first-order valence-electron chi connectivity index (χ1n) is 6.36. The van der Waals surface area contributed by atoms with Crippen molar-refractivity contribution in [2.75, 3.05) is 0 Å². The second kappa shape index (κ2) is 5.61. The van der Waals surface area contributed by atoms with Crippen molar-refractivity contribution >= 4 is 6.29 Å². The Balaban J connectivity index is 2.54. The third kappa shape index (κ3) is 2.62. The van der Waals surface area contributed by atoms with Gasteiger partial charge in [-0.05, 0) is 25.0 Å². The molecule has 0 radical (unpaired) electrons. The highest BCUT2D eigenvalue weighted by atomic mass is 16.1. The molecule has 0 bridgehead atoms. The molecule has 0 unspecified atom stereocenters. The lowest BCUT2D eigenvalue weighted by molar-refractivity contribution is 0.112. The molecule has 0 spiro atoms. The highest BCUT2D eigenvalue weighted by Crippen LogP contribution is 2.17. The number of rotatable bonds is 4. The van der Waals surface area contributed by atoms with Crippen molar-refractivity contribution in [2.45, 2.75) is 26.8 Å². The Bertz CT molecular complexity index is 642. The summed E-state index contributed by atoms with van der Waals surface area (Å²) in [6.45, 7) is 4.36. The molecular formula is C15H16N2O2. The summed E-state index contributed by atoms with van der Waals surface area (Å²) < 4.78 is 1.31. The van der Waals surface area contributed by atoms with Crippen LogP contribution in [0.5, 0.6) is 0 Å². The Labute approximate surface area is 111 Å². The van der Waals surface area contributed by atoms with E-state index >= 15 is 0 Å². The molecule has 1 aromatic carbocycles. The summed E-state index contributed by atoms with van der Waals surface area (Å²) in [4.78, 5) is 22.7. The molecule has 0 aliphatic carbocycles. The number of hydrogen-bond acceptors (Lipinski definition) is 3. The fraction of sp³-hybridized carbons (Fsp3) is 0.267. The van der Waals surface area contributed by atoms with Crippen LogP contribution in [0.15, 0.2) is 35.1 Å². The van der Waals surface area contributed by atoms with Gasteiger partial charge in [0.25, 0.3) is 5.56 Å². The number of hydrogen-bond donors (Lipinski definition) is 0. The molecule has 0 amide bonds. The van der Waals surface area contributed by atoms with Crippen LogP contribution in [0.2, 0.25) is 0 Å². The van der Waals surface area contributed by atoms with Crippen molar-refractivity contribution in [3.05, 3.63) is 51.8 Å². The summed E-state index contributed by atoms with van der Waals surface area (Å²) in [6, 6.07) is 9.51. The molecule has 2 aromatic rings. The summed E-state index contributed by atoms with van der Waals surface area (Å²) in [6.07, 6.45) is 1.56. The quantitative estimate of drug-likeness (QED) is 0.789. The van der Waals surface area contributed by atoms with Crippen molar-refractivity contribution in [1.82, 2.24) is 9.78 Å². The molecule has 0 N–H and O–H groups in total. The Morgan fingerprint density at radius 1 is 1.21 bits per heavy atom. The first-order chi connectivity index (χ1) is 9.19. The molecule has 0 saturated heterocycles. The van der Waals surface area contributed by atoms with Gasteiger partial charge in [-0.1, -0.05) is 31.2 Å². The number of carbonyl (C=O) groups excluding carboxylic acids is 1. The van der Waals surface area contributed by atoms with Gasteiger partial charge in [-0.3, -0.25) is 9.59 Å². The number of nitrogens with zero attached hydrogens (tertiary/aromatic N) is 2. The number of benzene rings is 1. The van der Waals surface area contributed by atoms with E-state index in [4.69, 9.17) is 0 Å². The van der Waals surface area contributed by atoms with E-state index in [0.29, 0.717) is 18.5 Å². The number of aldehydes is 1. The van der Waals surface area contributed by atoms with Gasteiger partial charge in [0, 0.05) is 12.1 Å². The SMILES string of the molecule is CCc1ccc(-c2cc(C=O)c(=O)n(CC)n2)cc1. The average molecular weight is 256 g/mol. The molecule has 0 aliphatic heterocycles. The third-order valence-electron chi connectivity index (χ3n) is 3.09. The van der Waals surface area contributed by atoms with Gasteiger partial charge in [0.15, 0.2) is 6.29 Å². The van der Waals surface area contributed by atoms with Crippen LogP contribution in [0, 0.1) is 0 Å². The van der Waals surface area contributed by atoms with E-state index in [-0.39, 0.29) is 11.1 Å². The van der Waals surface area contributed by atoms with E-state index < -0.39 is 0 Å². The van der Waals surface area contributed by atoms with Crippen molar-refractivity contribution < 1.29 is 4.79 Å². The molecule has 0 saturated carbocycles. The molecule has 1 aromatic heterocycles. The van der Waals surface area contributed by atoms with Gasteiger partial charge in [0.2, 0.25) is 0 Å². The van der Waals surface area contributed by atoms with Gasteiger partial charge in [-0.25, -0.2) is 4.68 Å². The van der Waals surface area contributed by atoms with E-state index in [0.717, 1.165) is 12.0 Å². The van der Waals surface area contributed by atoms with Crippen LogP contribution in [0.1, 0.15) is 29.8 Å². The molecule has 98 valence electrons. The molecule has 2 rings (SSSR count). The van der Waals surface area contributed by atoms with Gasteiger partial charge >= 0.3 is 0 Å². The van der Waals surface area contributed by atoms with Crippen LogP contribution < -0.4 is 5.56 Å². The summed E-state index contributed by atoms with van der Waals surface area (Å²) in [5.41, 5.74) is 2.59. The maximum atomic E-state index is 11.8. The monoisotopic (exact) mass is 256 g/mol. The first-order valence-corrected chi connectivity index (χ1v) is 6.36. The van der Waals surface area contributed by atoms with Crippen LogP contribution in [0.3, 0.4) is 0 Å². The maximum absolute atomic E-state index is 11.8. The van der Waals surface area contributed by atoms with Crippen LogP contribution in [0.25, 0.3) is 11.3 Å². The Kier molecular flexibility index (Phi) is 3.90. The van der Waals surface area contributed by atoms with Crippen molar-refractivity contribution in [1.29, 1.82) is 0 Å². The fourth-order valence-electron chi connectivity index (χ4n) is 1.91. The zero-order valence-electron chi connectivity index (χ0n) is 11.1. The molecule has 19 heavy (non-hydrogen) atoms. The van der Waals surface area contributed by atoms with Gasteiger partial charge in [0.05, 0.1) is 11.3 Å². The highest BCUT2D eigenvalue weighted by molar-refractivity contribution is 5.76. The molecule has 0 fully saturated rings. The van der Waals surface area contributed by atoms with E-state index in [1.165, 1.54) is 10.2 Å². The van der Waals surface area contributed by atoms with E-state index in [9.17, 15) is 9.59 Å². The van der Waals surface area contributed by atoms with Gasteiger partial charge in [0.1, 0.15) is 0 Å². The Hall–Kier alpha value is -2.23. The summed E-state index contributed by atoms with van der Waals surface area (Å²) in [5, 5.41) is 4.27. The smallest absolute Gasteiger partial charge is 0.277 e. The van der Waals surface area contributed by atoms with Crippen molar-refractivity contribution in [3.8, 4) is 11.3 Å². The van der Waals surface area contributed by atoms with Crippen LogP contribution >= 0.6 is 0 Å². The summed E-state index contributed by atoms with van der Waals surface area (Å²) >= 11 is 0. The average Bonchev–Trinajstić information content (AvgIpc) is 2.47. The number of carbonyl (C=O) groups is 1. The minimum atomic E-state index is -0.341. The topological polar surface area (TPSA) is 52.0 Å². The lowest BCUT2D eigenvalue weighted by Crippen LogP contribution is -2.25. The zero-order chi connectivity index (χ0) is 13.8. The Morgan fingerprint density at radius 2 is 1.89 bits per heavy atom. The fourth-order valence-corrected chi connectivity index (χ4v) is 1.91. The first kappa shape index (κ1) is 13.2. The lowest BCUT2D eigenvalue weighted by Gasteiger charge is -2.07. The minimum absolute atomic E-state index is 0.145. The lowest BCUT2D eigenvalue weighted by atomic mass is 10.1. The predicted octanol–water partition coefficient (Wildman–Crippen LogP) is 2.31. The molecule has 1 heterocycles. The molecule has 0 aliphatic rings. The number of aromatic nitrogens is 2. The summed E-state index contributed by atoms with van der Waals surface area (Å²) in [5.74, 6) is 0. The zero-order valence-corrected chi connectivity index (χ0v) is 11.1. The second-order valence-corrected chi connectivity index (χ2v) is 4.27. The van der Waals surface area contributed by atoms with E-state index in [1.54, 1.807) is 6.07 Å².